The Labute approximate surface area is 94.4 Å². The lowest BCUT2D eigenvalue weighted by molar-refractivity contribution is 1.41. The van der Waals surface area contributed by atoms with Crippen LogP contribution in [0.2, 0.25) is 0 Å². The third-order valence-corrected chi connectivity index (χ3v) is 2.64. The van der Waals surface area contributed by atoms with Crippen molar-refractivity contribution >= 4 is 10.9 Å². The molecule has 16 heavy (non-hydrogen) atoms. The molecule has 0 atom stereocenters. The summed E-state index contributed by atoms with van der Waals surface area (Å²) in [6.45, 7) is 0. The third-order valence-electron chi connectivity index (χ3n) is 2.64. The zero-order valence-electron chi connectivity index (χ0n) is 8.72. The van der Waals surface area contributed by atoms with Crippen LogP contribution in [0, 0.1) is 6.07 Å². The number of hydrogen-bond donors (Lipinski definition) is 0. The van der Waals surface area contributed by atoms with Crippen LogP contribution < -0.4 is 0 Å². The summed E-state index contributed by atoms with van der Waals surface area (Å²) >= 11 is 0. The van der Waals surface area contributed by atoms with Crippen LogP contribution in [0.4, 0.5) is 0 Å². The highest BCUT2D eigenvalue weighted by molar-refractivity contribution is 5.83. The van der Waals surface area contributed by atoms with Gasteiger partial charge in [0.1, 0.15) is 0 Å². The first-order chi connectivity index (χ1) is 7.93. The lowest BCUT2D eigenvalue weighted by atomic mass is 10.1. The van der Waals surface area contributed by atoms with E-state index in [0.717, 1.165) is 11.1 Å². The molecular weight excluding hydrogens is 194 g/mol. The number of benzene rings is 2. The molecule has 0 saturated heterocycles. The van der Waals surface area contributed by atoms with Crippen molar-refractivity contribution in [1.29, 1.82) is 0 Å². The van der Waals surface area contributed by atoms with Crippen LogP contribution in [0.1, 0.15) is 0 Å². The van der Waals surface area contributed by atoms with Gasteiger partial charge in [-0.2, -0.15) is 0 Å². The summed E-state index contributed by atoms with van der Waals surface area (Å²) in [7, 11) is 0. The molecule has 1 heterocycles. The lowest BCUT2D eigenvalue weighted by Crippen LogP contribution is -1.82. The fourth-order valence-corrected chi connectivity index (χ4v) is 1.81. The van der Waals surface area contributed by atoms with Crippen LogP contribution in [0.25, 0.3) is 22.0 Å². The van der Waals surface area contributed by atoms with Gasteiger partial charge in [0.15, 0.2) is 0 Å². The van der Waals surface area contributed by atoms with Crippen molar-refractivity contribution in [3.05, 3.63) is 66.9 Å². The highest BCUT2D eigenvalue weighted by Crippen LogP contribution is 2.21. The molecule has 0 unspecified atom stereocenters. The van der Waals surface area contributed by atoms with E-state index >= 15 is 0 Å². The molecule has 75 valence electrons. The number of nitrogens with zero attached hydrogens (tertiary/aromatic N) is 1. The van der Waals surface area contributed by atoms with Gasteiger partial charge in [-0.05, 0) is 23.8 Å². The molecular formula is C15H10N. The second-order valence-electron chi connectivity index (χ2n) is 3.71. The fourth-order valence-electron chi connectivity index (χ4n) is 1.81. The van der Waals surface area contributed by atoms with E-state index in [1.165, 1.54) is 10.9 Å². The minimum Gasteiger partial charge on any atom is -0.256 e. The van der Waals surface area contributed by atoms with Crippen molar-refractivity contribution in [2.75, 3.05) is 0 Å². The summed E-state index contributed by atoms with van der Waals surface area (Å²) < 4.78 is 0. The molecule has 0 aliphatic heterocycles. The van der Waals surface area contributed by atoms with Gasteiger partial charge >= 0.3 is 0 Å². The van der Waals surface area contributed by atoms with Crippen LogP contribution >= 0.6 is 0 Å². The first-order valence-corrected chi connectivity index (χ1v) is 5.25. The number of rotatable bonds is 1. The number of pyridine rings is 1. The average molecular weight is 204 g/mol. The van der Waals surface area contributed by atoms with Crippen molar-refractivity contribution < 1.29 is 0 Å². The number of para-hydroxylation sites is 1. The van der Waals surface area contributed by atoms with Crippen molar-refractivity contribution in [1.82, 2.24) is 4.98 Å². The van der Waals surface area contributed by atoms with E-state index in [-0.39, 0.29) is 0 Å². The van der Waals surface area contributed by atoms with E-state index in [1.807, 2.05) is 48.7 Å². The Morgan fingerprint density at radius 2 is 1.69 bits per heavy atom. The molecule has 0 spiro atoms. The third kappa shape index (κ3) is 1.57. The molecule has 0 fully saturated rings. The lowest BCUT2D eigenvalue weighted by Gasteiger charge is -2.02. The fraction of sp³-hybridized carbons (Fsp3) is 0. The van der Waals surface area contributed by atoms with Crippen LogP contribution in [-0.4, -0.2) is 4.98 Å². The highest BCUT2D eigenvalue weighted by atomic mass is 14.6. The van der Waals surface area contributed by atoms with Crippen molar-refractivity contribution in [2.24, 2.45) is 0 Å². The van der Waals surface area contributed by atoms with Crippen molar-refractivity contribution in [3.8, 4) is 11.1 Å². The molecule has 0 aliphatic rings. The van der Waals surface area contributed by atoms with Crippen LogP contribution in [0.5, 0.6) is 0 Å². The van der Waals surface area contributed by atoms with E-state index in [4.69, 9.17) is 0 Å². The van der Waals surface area contributed by atoms with Gasteiger partial charge in [0.2, 0.25) is 0 Å². The predicted octanol–water partition coefficient (Wildman–Crippen LogP) is 3.70. The molecule has 1 nitrogen and oxygen atoms in total. The molecule has 0 aliphatic carbocycles. The van der Waals surface area contributed by atoms with E-state index in [9.17, 15) is 0 Å². The first-order valence-electron chi connectivity index (χ1n) is 5.25. The second kappa shape index (κ2) is 3.78. The first kappa shape index (κ1) is 9.10. The monoisotopic (exact) mass is 204 g/mol. The van der Waals surface area contributed by atoms with Crippen LogP contribution in [0.15, 0.2) is 60.8 Å². The Morgan fingerprint density at radius 3 is 2.56 bits per heavy atom. The maximum absolute atomic E-state index is 4.45. The summed E-state index contributed by atoms with van der Waals surface area (Å²) in [5.41, 5.74) is 3.36. The van der Waals surface area contributed by atoms with Gasteiger partial charge in [-0.3, -0.25) is 4.98 Å². The van der Waals surface area contributed by atoms with Gasteiger partial charge in [-0.25, -0.2) is 0 Å². The summed E-state index contributed by atoms with van der Waals surface area (Å²) in [5.74, 6) is 0. The molecule has 3 rings (SSSR count). The summed E-state index contributed by atoms with van der Waals surface area (Å²) in [4.78, 5) is 4.45. The van der Waals surface area contributed by atoms with Crippen LogP contribution in [0.3, 0.4) is 0 Å². The molecule has 3 aromatic rings. The second-order valence-corrected chi connectivity index (χ2v) is 3.71. The topological polar surface area (TPSA) is 12.9 Å². The number of aromatic nitrogens is 1. The zero-order chi connectivity index (χ0) is 10.8. The van der Waals surface area contributed by atoms with Gasteiger partial charge < -0.3 is 0 Å². The van der Waals surface area contributed by atoms with Gasteiger partial charge in [0.25, 0.3) is 0 Å². The largest absolute Gasteiger partial charge is 0.256 e. The Morgan fingerprint density at radius 1 is 0.875 bits per heavy atom. The quantitative estimate of drug-likeness (QED) is 0.589. The maximum atomic E-state index is 4.45. The molecule has 0 amide bonds. The molecule has 0 N–H and O–H groups in total. The molecule has 0 bridgehead atoms. The van der Waals surface area contributed by atoms with Crippen LogP contribution in [-0.2, 0) is 0 Å². The summed E-state index contributed by atoms with van der Waals surface area (Å²) in [6.07, 6.45) is 1.91. The Balaban J connectivity index is 2.19. The standard InChI is InChI=1S/C15H10N/c1-2-6-12(7-3-1)14-10-13-8-4-5-9-15(13)16-11-14/h2-11H. The molecule has 1 aromatic heterocycles. The zero-order valence-corrected chi connectivity index (χ0v) is 8.72. The normalized spacial score (nSPS) is 10.5. The number of fused-ring (bicyclic) bond motifs is 1. The number of hydrogen-bond acceptors (Lipinski definition) is 1. The predicted molar refractivity (Wildman–Crippen MR) is 66.0 cm³/mol. The highest BCUT2D eigenvalue weighted by Gasteiger charge is 1.99. The summed E-state index contributed by atoms with van der Waals surface area (Å²) in [5, 5.41) is 1.17. The van der Waals surface area contributed by atoms with Gasteiger partial charge in [0.05, 0.1) is 5.52 Å². The molecule has 1 heteroatoms. The Bertz CT molecular complexity index is 614. The van der Waals surface area contributed by atoms with Gasteiger partial charge in [0, 0.05) is 17.1 Å². The van der Waals surface area contributed by atoms with E-state index in [0.29, 0.717) is 0 Å². The molecule has 2 aromatic carbocycles. The van der Waals surface area contributed by atoms with Gasteiger partial charge in [-0.15, -0.1) is 0 Å². The minimum atomic E-state index is 1.04. The maximum Gasteiger partial charge on any atom is 0.0702 e. The SMILES string of the molecule is [c]1ccc(-c2cnc3ccccc3c2)cc1. The van der Waals surface area contributed by atoms with Gasteiger partial charge in [-0.1, -0.05) is 42.5 Å². The van der Waals surface area contributed by atoms with E-state index in [2.05, 4.69) is 23.2 Å². The van der Waals surface area contributed by atoms with E-state index in [1.54, 1.807) is 0 Å². The average Bonchev–Trinajstić information content (AvgIpc) is 2.39. The molecule has 0 saturated carbocycles. The van der Waals surface area contributed by atoms with E-state index < -0.39 is 0 Å². The molecule has 1 radical (unpaired) electrons. The minimum absolute atomic E-state index is 1.04. The smallest absolute Gasteiger partial charge is 0.0702 e. The van der Waals surface area contributed by atoms with Crippen molar-refractivity contribution in [3.63, 3.8) is 0 Å². The van der Waals surface area contributed by atoms with Crippen molar-refractivity contribution in [2.45, 2.75) is 0 Å². The Kier molecular flexibility index (Phi) is 2.15. The summed E-state index contributed by atoms with van der Waals surface area (Å²) in [6, 6.07) is 21.3. The Hall–Kier alpha value is -2.15.